The van der Waals surface area contributed by atoms with E-state index >= 15 is 8.78 Å². The Morgan fingerprint density at radius 3 is 2.59 bits per heavy atom. The quantitative estimate of drug-likeness (QED) is 0.294. The maximum absolute atomic E-state index is 16.7. The third-order valence-corrected chi connectivity index (χ3v) is 9.74. The van der Waals surface area contributed by atoms with Crippen LogP contribution < -0.4 is 0 Å². The highest BCUT2D eigenvalue weighted by Gasteiger charge is 2.68. The molecule has 0 heterocycles. The maximum atomic E-state index is 16.7. The third kappa shape index (κ3) is 3.39. The van der Waals surface area contributed by atoms with Gasteiger partial charge in [0.05, 0.1) is 3.76 Å². The molecule has 0 saturated heterocycles. The van der Waals surface area contributed by atoms with Crippen LogP contribution in [0, 0.1) is 28.6 Å². The largest absolute Gasteiger partial charge is 0.290 e. The lowest BCUT2D eigenvalue weighted by molar-refractivity contribution is -0.143. The van der Waals surface area contributed by atoms with Crippen LogP contribution in [0.15, 0.2) is 23.8 Å². The summed E-state index contributed by atoms with van der Waals surface area (Å²) in [4.78, 5) is 24.5. The molecule has 7 atom stereocenters. The minimum atomic E-state index is -1.56. The summed E-state index contributed by atoms with van der Waals surface area (Å²) in [6.45, 7) is 7.88. The summed E-state index contributed by atoms with van der Waals surface area (Å²) in [5.41, 5.74) is -2.56. The zero-order chi connectivity index (χ0) is 21.6. The molecule has 0 aliphatic heterocycles. The van der Waals surface area contributed by atoms with E-state index in [4.69, 9.17) is 0 Å². The predicted molar refractivity (Wildman–Crippen MR) is 124 cm³/mol. The van der Waals surface area contributed by atoms with Crippen molar-refractivity contribution in [3.63, 3.8) is 0 Å². The molecule has 0 radical (unpaired) electrons. The number of rotatable bonds is 2. The minimum absolute atomic E-state index is 0.0164. The molecule has 0 spiro atoms. The number of fused-ring (bicyclic) bond motifs is 5. The van der Waals surface area contributed by atoms with Gasteiger partial charge in [-0.1, -0.05) is 61.2 Å². The molecule has 0 bridgehead atoms. The summed E-state index contributed by atoms with van der Waals surface area (Å²) in [5, 5.41) is 0.211. The molecule has 3 fully saturated rings. The van der Waals surface area contributed by atoms with Gasteiger partial charge in [-0.2, -0.15) is 0 Å². The molecule has 4 aliphatic rings. The molecule has 0 aromatic rings. The predicted octanol–water partition coefficient (Wildman–Crippen LogP) is 6.63. The second kappa shape index (κ2) is 8.36. The van der Waals surface area contributed by atoms with E-state index in [0.717, 1.165) is 16.6 Å². The Hall–Kier alpha value is -0.240. The van der Waals surface area contributed by atoms with Gasteiger partial charge in [-0.15, -0.1) is 0 Å². The Bertz CT molecular complexity index is 753. The lowest BCUT2D eigenvalue weighted by atomic mass is 9.46. The molecule has 2 unspecified atom stereocenters. The third-order valence-electron chi connectivity index (χ3n) is 8.13. The standard InChI is InChI=1S/C21H25F2IO2S.C2H6/c1-19-7-8-21(23)15(13(19)3-4-14(19)18(26)27-11-24)10-17(22)16-9-12(25)5-6-20(16,21)2;1-2/h5-6,9,13-15,17H,3-4,7-8,10-11H2,1-2H3;1-2H3/t13?,14-,15?,17+,19+,20+,21-;/m1./s1. The maximum Gasteiger partial charge on any atom is 0.193 e. The summed E-state index contributed by atoms with van der Waals surface area (Å²) in [6, 6.07) is 0. The number of carbonyl (C=O) groups excluding carboxylic acids is 2. The van der Waals surface area contributed by atoms with Crippen molar-refractivity contribution in [1.29, 1.82) is 0 Å². The van der Waals surface area contributed by atoms with Crippen molar-refractivity contribution in [1.82, 2.24) is 0 Å². The van der Waals surface area contributed by atoms with Crippen molar-refractivity contribution in [3.8, 4) is 0 Å². The van der Waals surface area contributed by atoms with Crippen molar-refractivity contribution >= 4 is 45.3 Å². The fraction of sp³-hybridized carbons (Fsp3) is 0.739. The van der Waals surface area contributed by atoms with E-state index < -0.39 is 23.2 Å². The number of hydrogen-bond acceptors (Lipinski definition) is 3. The lowest BCUT2D eigenvalue weighted by Gasteiger charge is -2.60. The van der Waals surface area contributed by atoms with Crippen LogP contribution in [0.1, 0.15) is 59.8 Å². The molecular weight excluding hydrogens is 505 g/mol. The first-order chi connectivity index (χ1) is 13.7. The average molecular weight is 536 g/mol. The molecule has 0 amide bonds. The van der Waals surface area contributed by atoms with E-state index in [9.17, 15) is 9.59 Å². The van der Waals surface area contributed by atoms with Crippen LogP contribution >= 0.6 is 34.4 Å². The van der Waals surface area contributed by atoms with Gasteiger partial charge in [0.1, 0.15) is 11.8 Å². The van der Waals surface area contributed by atoms with Gasteiger partial charge in [0.25, 0.3) is 0 Å². The first-order valence-corrected chi connectivity index (χ1v) is 13.2. The Kier molecular flexibility index (Phi) is 6.75. The zero-order valence-electron chi connectivity index (χ0n) is 17.6. The van der Waals surface area contributed by atoms with E-state index in [0.29, 0.717) is 18.4 Å². The molecule has 6 heteroatoms. The van der Waals surface area contributed by atoms with Crippen LogP contribution in [0.4, 0.5) is 8.78 Å². The van der Waals surface area contributed by atoms with E-state index in [2.05, 4.69) is 29.5 Å². The Labute approximate surface area is 190 Å². The number of carbonyl (C=O) groups is 2. The summed E-state index contributed by atoms with van der Waals surface area (Å²) in [5.74, 6) is -0.704. The Morgan fingerprint density at radius 2 is 1.93 bits per heavy atom. The first-order valence-electron chi connectivity index (χ1n) is 10.7. The van der Waals surface area contributed by atoms with Crippen molar-refractivity contribution in [2.75, 3.05) is 3.76 Å². The number of ketones is 1. The van der Waals surface area contributed by atoms with Gasteiger partial charge in [0, 0.05) is 17.3 Å². The van der Waals surface area contributed by atoms with Gasteiger partial charge in [-0.25, -0.2) is 8.78 Å². The molecule has 162 valence electrons. The highest BCUT2D eigenvalue weighted by atomic mass is 127. The second-order valence-electron chi connectivity index (χ2n) is 9.02. The van der Waals surface area contributed by atoms with Crippen molar-refractivity contribution < 1.29 is 18.4 Å². The van der Waals surface area contributed by atoms with Crippen molar-refractivity contribution in [2.45, 2.75) is 71.6 Å². The van der Waals surface area contributed by atoms with Gasteiger partial charge in [-0.05, 0) is 68.1 Å². The zero-order valence-corrected chi connectivity index (χ0v) is 20.6. The smallest absolute Gasteiger partial charge is 0.193 e. The molecule has 0 N–H and O–H groups in total. The van der Waals surface area contributed by atoms with Crippen LogP contribution in [-0.4, -0.2) is 26.5 Å². The Morgan fingerprint density at radius 1 is 1.24 bits per heavy atom. The van der Waals surface area contributed by atoms with Crippen LogP contribution in [-0.2, 0) is 9.59 Å². The SMILES string of the molecule is CC.C[C@]12CC[C@@]3(F)C(C[C@H](F)C4=CC(=O)C=C[C@@]43C)C1CC[C@@H]2C(=O)SCI. The van der Waals surface area contributed by atoms with Gasteiger partial charge in [0.15, 0.2) is 10.9 Å². The topological polar surface area (TPSA) is 34.1 Å². The van der Waals surface area contributed by atoms with Crippen molar-refractivity contribution in [3.05, 3.63) is 23.8 Å². The van der Waals surface area contributed by atoms with E-state index in [1.807, 2.05) is 13.8 Å². The van der Waals surface area contributed by atoms with Gasteiger partial charge >= 0.3 is 0 Å². The molecule has 2 nitrogen and oxygen atoms in total. The normalized spacial score (nSPS) is 45.3. The molecule has 3 saturated carbocycles. The average Bonchev–Trinajstić information content (AvgIpc) is 3.04. The fourth-order valence-electron chi connectivity index (χ4n) is 6.62. The molecule has 0 aromatic heterocycles. The monoisotopic (exact) mass is 536 g/mol. The first kappa shape index (κ1) is 23.4. The Balaban J connectivity index is 0.00000117. The second-order valence-corrected chi connectivity index (χ2v) is 11.8. The summed E-state index contributed by atoms with van der Waals surface area (Å²) >= 11 is 3.54. The van der Waals surface area contributed by atoms with E-state index in [1.165, 1.54) is 23.9 Å². The molecule has 4 aliphatic carbocycles. The summed E-state index contributed by atoms with van der Waals surface area (Å²) in [6.07, 6.45) is 5.68. The lowest BCUT2D eigenvalue weighted by Crippen LogP contribution is -2.62. The summed E-state index contributed by atoms with van der Waals surface area (Å²) < 4.78 is 32.5. The van der Waals surface area contributed by atoms with E-state index in [-0.39, 0.29) is 34.6 Å². The number of hydrogen-bond donors (Lipinski definition) is 0. The number of thioether (sulfide) groups is 1. The number of alkyl halides is 3. The van der Waals surface area contributed by atoms with E-state index in [1.54, 1.807) is 13.0 Å². The van der Waals surface area contributed by atoms with Crippen LogP contribution in [0.25, 0.3) is 0 Å². The van der Waals surface area contributed by atoms with Crippen LogP contribution in [0.3, 0.4) is 0 Å². The number of halogens is 3. The molecule has 4 rings (SSSR count). The van der Waals surface area contributed by atoms with Crippen LogP contribution in [0.5, 0.6) is 0 Å². The fourth-order valence-corrected chi connectivity index (χ4v) is 8.23. The summed E-state index contributed by atoms with van der Waals surface area (Å²) in [7, 11) is 0. The molecular formula is C23H31F2IO2S. The van der Waals surface area contributed by atoms with Crippen molar-refractivity contribution in [2.24, 2.45) is 28.6 Å². The van der Waals surface area contributed by atoms with Crippen LogP contribution in [0.2, 0.25) is 0 Å². The highest BCUT2D eigenvalue weighted by molar-refractivity contribution is 14.1. The van der Waals surface area contributed by atoms with Gasteiger partial charge < -0.3 is 0 Å². The highest BCUT2D eigenvalue weighted by Crippen LogP contribution is 2.69. The van der Waals surface area contributed by atoms with Gasteiger partial charge in [0.2, 0.25) is 0 Å². The molecule has 29 heavy (non-hydrogen) atoms. The molecule has 0 aromatic carbocycles. The van der Waals surface area contributed by atoms with Gasteiger partial charge in [-0.3, -0.25) is 9.59 Å². The number of allylic oxidation sites excluding steroid dienone is 4. The minimum Gasteiger partial charge on any atom is -0.290 e.